The fourth-order valence-corrected chi connectivity index (χ4v) is 3.26. The zero-order chi connectivity index (χ0) is 8.67. The quantitative estimate of drug-likeness (QED) is 0.561. The lowest BCUT2D eigenvalue weighted by Gasteiger charge is -2.28. The SMILES string of the molecule is c1ccc2c(c1)CCC1CCCC21. The Morgan fingerprint density at radius 1 is 1.00 bits per heavy atom. The molecule has 0 heterocycles. The highest BCUT2D eigenvalue weighted by atomic mass is 14.4. The fourth-order valence-electron chi connectivity index (χ4n) is 3.26. The molecule has 2 aliphatic rings. The first-order chi connectivity index (χ1) is 6.45. The summed E-state index contributed by atoms with van der Waals surface area (Å²) < 4.78 is 0. The second kappa shape index (κ2) is 2.87. The molecule has 0 N–H and O–H groups in total. The molecular formula is C13H16. The van der Waals surface area contributed by atoms with E-state index in [0.717, 1.165) is 11.8 Å². The molecular weight excluding hydrogens is 156 g/mol. The lowest BCUT2D eigenvalue weighted by atomic mass is 9.77. The van der Waals surface area contributed by atoms with Gasteiger partial charge in [-0.2, -0.15) is 0 Å². The molecule has 0 amide bonds. The summed E-state index contributed by atoms with van der Waals surface area (Å²) >= 11 is 0. The van der Waals surface area contributed by atoms with Crippen molar-refractivity contribution in [1.82, 2.24) is 0 Å². The summed E-state index contributed by atoms with van der Waals surface area (Å²) in [5, 5.41) is 0. The molecule has 0 heteroatoms. The third-order valence-corrected chi connectivity index (χ3v) is 3.90. The van der Waals surface area contributed by atoms with Crippen molar-refractivity contribution in [3.63, 3.8) is 0 Å². The minimum atomic E-state index is 0.921. The minimum Gasteiger partial charge on any atom is -0.0620 e. The minimum absolute atomic E-state index is 0.921. The van der Waals surface area contributed by atoms with Crippen LogP contribution in [-0.4, -0.2) is 0 Å². The predicted molar refractivity (Wildman–Crippen MR) is 54.8 cm³/mol. The first kappa shape index (κ1) is 7.61. The van der Waals surface area contributed by atoms with Crippen molar-refractivity contribution in [3.05, 3.63) is 35.4 Å². The van der Waals surface area contributed by atoms with E-state index in [1.54, 1.807) is 11.1 Å². The number of fused-ring (bicyclic) bond motifs is 3. The molecule has 1 aromatic rings. The molecule has 2 atom stereocenters. The molecule has 0 spiro atoms. The summed E-state index contributed by atoms with van der Waals surface area (Å²) in [6.07, 6.45) is 7.17. The van der Waals surface area contributed by atoms with Gasteiger partial charge in [0.05, 0.1) is 0 Å². The average Bonchev–Trinajstić information content (AvgIpc) is 2.65. The zero-order valence-corrected chi connectivity index (χ0v) is 8.00. The van der Waals surface area contributed by atoms with Gasteiger partial charge in [-0.25, -0.2) is 0 Å². The highest BCUT2D eigenvalue weighted by molar-refractivity contribution is 5.34. The summed E-state index contributed by atoms with van der Waals surface area (Å²) in [5.74, 6) is 1.94. The van der Waals surface area contributed by atoms with E-state index in [4.69, 9.17) is 0 Å². The van der Waals surface area contributed by atoms with Crippen molar-refractivity contribution in [2.24, 2.45) is 5.92 Å². The maximum absolute atomic E-state index is 2.36. The highest BCUT2D eigenvalue weighted by Gasteiger charge is 2.32. The number of benzene rings is 1. The molecule has 0 aromatic heterocycles. The zero-order valence-electron chi connectivity index (χ0n) is 8.00. The molecule has 3 rings (SSSR count). The molecule has 1 aromatic carbocycles. The molecule has 1 fully saturated rings. The Morgan fingerprint density at radius 3 is 2.92 bits per heavy atom. The largest absolute Gasteiger partial charge is 0.0620 e. The van der Waals surface area contributed by atoms with E-state index in [9.17, 15) is 0 Å². The third kappa shape index (κ3) is 1.12. The van der Waals surface area contributed by atoms with Gasteiger partial charge in [0.1, 0.15) is 0 Å². The second-order valence-electron chi connectivity index (χ2n) is 4.53. The fraction of sp³-hybridized carbons (Fsp3) is 0.538. The van der Waals surface area contributed by atoms with E-state index in [0.29, 0.717) is 0 Å². The molecule has 0 radical (unpaired) electrons. The van der Waals surface area contributed by atoms with Crippen LogP contribution in [-0.2, 0) is 6.42 Å². The van der Waals surface area contributed by atoms with Crippen molar-refractivity contribution >= 4 is 0 Å². The van der Waals surface area contributed by atoms with Gasteiger partial charge in [0.15, 0.2) is 0 Å². The Hall–Kier alpha value is -0.780. The van der Waals surface area contributed by atoms with Crippen LogP contribution in [0.2, 0.25) is 0 Å². The van der Waals surface area contributed by atoms with Crippen LogP contribution in [0.5, 0.6) is 0 Å². The third-order valence-electron chi connectivity index (χ3n) is 3.90. The molecule has 0 bridgehead atoms. The summed E-state index contributed by atoms with van der Waals surface area (Å²) in [6.45, 7) is 0. The topological polar surface area (TPSA) is 0 Å². The van der Waals surface area contributed by atoms with Crippen molar-refractivity contribution in [2.45, 2.75) is 38.0 Å². The predicted octanol–water partition coefficient (Wildman–Crippen LogP) is 3.52. The van der Waals surface area contributed by atoms with Crippen LogP contribution in [0.3, 0.4) is 0 Å². The normalized spacial score (nSPS) is 31.1. The molecule has 1 saturated carbocycles. The van der Waals surface area contributed by atoms with E-state index in [-0.39, 0.29) is 0 Å². The monoisotopic (exact) mass is 172 g/mol. The summed E-state index contributed by atoms with van der Waals surface area (Å²) in [4.78, 5) is 0. The van der Waals surface area contributed by atoms with Crippen LogP contribution in [0, 0.1) is 5.92 Å². The van der Waals surface area contributed by atoms with E-state index in [1.165, 1.54) is 32.1 Å². The molecule has 0 aliphatic heterocycles. The number of hydrogen-bond acceptors (Lipinski definition) is 0. The van der Waals surface area contributed by atoms with E-state index in [2.05, 4.69) is 24.3 Å². The van der Waals surface area contributed by atoms with E-state index >= 15 is 0 Å². The lowest BCUT2D eigenvalue weighted by molar-refractivity contribution is 0.423. The van der Waals surface area contributed by atoms with Crippen LogP contribution in [0.4, 0.5) is 0 Å². The van der Waals surface area contributed by atoms with Gasteiger partial charge in [-0.05, 0) is 48.6 Å². The van der Waals surface area contributed by atoms with Gasteiger partial charge < -0.3 is 0 Å². The van der Waals surface area contributed by atoms with Crippen LogP contribution in [0.15, 0.2) is 24.3 Å². The Bertz CT molecular complexity index is 314. The molecule has 0 saturated heterocycles. The average molecular weight is 172 g/mol. The van der Waals surface area contributed by atoms with Crippen LogP contribution in [0.1, 0.15) is 42.7 Å². The second-order valence-corrected chi connectivity index (χ2v) is 4.53. The van der Waals surface area contributed by atoms with Gasteiger partial charge in [0.25, 0.3) is 0 Å². The summed E-state index contributed by atoms with van der Waals surface area (Å²) in [6, 6.07) is 9.08. The molecule has 2 aliphatic carbocycles. The van der Waals surface area contributed by atoms with Gasteiger partial charge in [0, 0.05) is 0 Å². The van der Waals surface area contributed by atoms with Gasteiger partial charge in [-0.15, -0.1) is 0 Å². The van der Waals surface area contributed by atoms with Crippen molar-refractivity contribution in [1.29, 1.82) is 0 Å². The molecule has 13 heavy (non-hydrogen) atoms. The summed E-state index contributed by atoms with van der Waals surface area (Å²) in [5.41, 5.74) is 3.31. The number of aryl methyl sites for hydroxylation is 1. The molecule has 68 valence electrons. The molecule has 2 unspecified atom stereocenters. The van der Waals surface area contributed by atoms with Crippen LogP contribution in [0.25, 0.3) is 0 Å². The van der Waals surface area contributed by atoms with Gasteiger partial charge in [0.2, 0.25) is 0 Å². The first-order valence-electron chi connectivity index (χ1n) is 5.53. The smallest absolute Gasteiger partial charge is 0.0131 e. The Balaban J connectivity index is 2.06. The van der Waals surface area contributed by atoms with Crippen molar-refractivity contribution in [2.75, 3.05) is 0 Å². The lowest BCUT2D eigenvalue weighted by Crippen LogP contribution is -2.15. The van der Waals surface area contributed by atoms with E-state index in [1.807, 2.05) is 0 Å². The Labute approximate surface area is 80.0 Å². The van der Waals surface area contributed by atoms with Crippen LogP contribution < -0.4 is 0 Å². The standard InChI is InChI=1S/C13H16/c1-2-6-12-10(4-1)8-9-11-5-3-7-13(11)12/h1-2,4,6,11,13H,3,5,7-9H2. The first-order valence-corrected chi connectivity index (χ1v) is 5.53. The highest BCUT2D eigenvalue weighted by Crippen LogP contribution is 2.46. The number of rotatable bonds is 0. The van der Waals surface area contributed by atoms with Gasteiger partial charge in [-0.3, -0.25) is 0 Å². The van der Waals surface area contributed by atoms with Crippen LogP contribution >= 0.6 is 0 Å². The summed E-state index contributed by atoms with van der Waals surface area (Å²) in [7, 11) is 0. The van der Waals surface area contributed by atoms with Gasteiger partial charge >= 0.3 is 0 Å². The maximum Gasteiger partial charge on any atom is -0.0131 e. The van der Waals surface area contributed by atoms with Crippen molar-refractivity contribution < 1.29 is 0 Å². The maximum atomic E-state index is 2.36. The Kier molecular flexibility index (Phi) is 1.68. The number of hydrogen-bond donors (Lipinski definition) is 0. The van der Waals surface area contributed by atoms with E-state index < -0.39 is 0 Å². The molecule has 0 nitrogen and oxygen atoms in total. The van der Waals surface area contributed by atoms with Crippen molar-refractivity contribution in [3.8, 4) is 0 Å². The Morgan fingerprint density at radius 2 is 1.92 bits per heavy atom. The van der Waals surface area contributed by atoms with Gasteiger partial charge in [-0.1, -0.05) is 30.7 Å².